The van der Waals surface area contributed by atoms with Gasteiger partial charge in [-0.2, -0.15) is 0 Å². The lowest BCUT2D eigenvalue weighted by atomic mass is 10.1. The molecule has 0 radical (unpaired) electrons. The SMILES string of the molecule is CC(=O)OC[C@H]1O[C@H](Sc2ccc(C)cc2)C=C[C@@H]1OC(C)=O. The third kappa shape index (κ3) is 5.73. The van der Waals surface area contributed by atoms with Gasteiger partial charge in [0.15, 0.2) is 0 Å². The lowest BCUT2D eigenvalue weighted by Crippen LogP contribution is -2.40. The Morgan fingerprint density at radius 3 is 2.43 bits per heavy atom. The molecular formula is C17H20O5S. The van der Waals surface area contributed by atoms with Crippen molar-refractivity contribution in [3.63, 3.8) is 0 Å². The number of hydrogen-bond donors (Lipinski definition) is 0. The summed E-state index contributed by atoms with van der Waals surface area (Å²) < 4.78 is 16.1. The molecule has 0 N–H and O–H groups in total. The van der Waals surface area contributed by atoms with Gasteiger partial charge in [0.25, 0.3) is 0 Å². The van der Waals surface area contributed by atoms with E-state index in [0.717, 1.165) is 4.90 Å². The Morgan fingerprint density at radius 2 is 1.83 bits per heavy atom. The number of carbonyl (C=O) groups is 2. The second-order valence-corrected chi connectivity index (χ2v) is 6.41. The average molecular weight is 336 g/mol. The smallest absolute Gasteiger partial charge is 0.303 e. The van der Waals surface area contributed by atoms with Crippen molar-refractivity contribution in [2.45, 2.75) is 43.3 Å². The molecule has 1 aromatic rings. The van der Waals surface area contributed by atoms with E-state index in [-0.39, 0.29) is 12.0 Å². The van der Waals surface area contributed by atoms with Crippen LogP contribution in [0.5, 0.6) is 0 Å². The number of benzene rings is 1. The minimum Gasteiger partial charge on any atom is -0.463 e. The molecule has 0 bridgehead atoms. The Balaban J connectivity index is 2.03. The monoisotopic (exact) mass is 336 g/mol. The van der Waals surface area contributed by atoms with Gasteiger partial charge in [-0.25, -0.2) is 0 Å². The third-order valence-electron chi connectivity index (χ3n) is 3.16. The minimum absolute atomic E-state index is 0.0442. The molecule has 6 heteroatoms. The van der Waals surface area contributed by atoms with E-state index >= 15 is 0 Å². The van der Waals surface area contributed by atoms with Gasteiger partial charge in [-0.3, -0.25) is 9.59 Å². The van der Waals surface area contributed by atoms with Crippen LogP contribution in [-0.4, -0.2) is 36.2 Å². The molecule has 0 fully saturated rings. The molecule has 124 valence electrons. The molecule has 2 rings (SSSR count). The summed E-state index contributed by atoms with van der Waals surface area (Å²) in [5.74, 6) is -0.798. The second-order valence-electron chi connectivity index (χ2n) is 5.24. The van der Waals surface area contributed by atoms with Crippen molar-refractivity contribution in [2.75, 3.05) is 6.61 Å². The van der Waals surface area contributed by atoms with Gasteiger partial charge in [0.1, 0.15) is 24.3 Å². The highest BCUT2D eigenvalue weighted by Crippen LogP contribution is 2.30. The summed E-state index contributed by atoms with van der Waals surface area (Å²) in [7, 11) is 0. The third-order valence-corrected chi connectivity index (χ3v) is 4.20. The van der Waals surface area contributed by atoms with Crippen LogP contribution in [0.3, 0.4) is 0 Å². The summed E-state index contributed by atoms with van der Waals surface area (Å²) >= 11 is 1.54. The molecule has 1 aromatic carbocycles. The number of thioether (sulfide) groups is 1. The van der Waals surface area contributed by atoms with Gasteiger partial charge in [0, 0.05) is 18.7 Å². The highest BCUT2D eigenvalue weighted by atomic mass is 32.2. The zero-order valence-electron chi connectivity index (χ0n) is 13.4. The molecule has 1 aliphatic rings. The van der Waals surface area contributed by atoms with Crippen molar-refractivity contribution in [2.24, 2.45) is 0 Å². The van der Waals surface area contributed by atoms with E-state index in [2.05, 4.69) is 0 Å². The van der Waals surface area contributed by atoms with Gasteiger partial charge in [-0.15, -0.1) is 0 Å². The molecule has 5 nitrogen and oxygen atoms in total. The predicted molar refractivity (Wildman–Crippen MR) is 87.0 cm³/mol. The van der Waals surface area contributed by atoms with E-state index in [0.29, 0.717) is 0 Å². The Bertz CT molecular complexity index is 581. The molecule has 3 atom stereocenters. The van der Waals surface area contributed by atoms with Gasteiger partial charge in [-0.05, 0) is 31.2 Å². The maximum atomic E-state index is 11.2. The van der Waals surface area contributed by atoms with E-state index in [1.807, 2.05) is 37.3 Å². The quantitative estimate of drug-likeness (QED) is 0.609. The van der Waals surface area contributed by atoms with Crippen LogP contribution >= 0.6 is 11.8 Å². The van der Waals surface area contributed by atoms with E-state index in [1.165, 1.54) is 19.4 Å². The highest BCUT2D eigenvalue weighted by molar-refractivity contribution is 8.00. The van der Waals surface area contributed by atoms with Crippen LogP contribution in [0.2, 0.25) is 0 Å². The molecule has 0 aromatic heterocycles. The fraction of sp³-hybridized carbons (Fsp3) is 0.412. The van der Waals surface area contributed by atoms with Crippen molar-refractivity contribution in [1.82, 2.24) is 0 Å². The van der Waals surface area contributed by atoms with Crippen molar-refractivity contribution in [3.05, 3.63) is 42.0 Å². The molecular weight excluding hydrogens is 316 g/mol. The van der Waals surface area contributed by atoms with Crippen molar-refractivity contribution in [3.8, 4) is 0 Å². The summed E-state index contributed by atoms with van der Waals surface area (Å²) in [6.45, 7) is 4.74. The van der Waals surface area contributed by atoms with Gasteiger partial charge < -0.3 is 14.2 Å². The zero-order valence-corrected chi connectivity index (χ0v) is 14.2. The van der Waals surface area contributed by atoms with Gasteiger partial charge in [0.05, 0.1) is 0 Å². The van der Waals surface area contributed by atoms with Gasteiger partial charge >= 0.3 is 11.9 Å². The van der Waals surface area contributed by atoms with Crippen molar-refractivity contribution in [1.29, 1.82) is 0 Å². The number of rotatable bonds is 5. The Hall–Kier alpha value is -1.79. The first-order chi connectivity index (χ1) is 10.9. The molecule has 0 spiro atoms. The van der Waals surface area contributed by atoms with E-state index in [4.69, 9.17) is 14.2 Å². The first-order valence-electron chi connectivity index (χ1n) is 7.32. The minimum atomic E-state index is -0.554. The van der Waals surface area contributed by atoms with Gasteiger partial charge in [0.2, 0.25) is 0 Å². The molecule has 0 amide bonds. The van der Waals surface area contributed by atoms with Crippen molar-refractivity contribution >= 4 is 23.7 Å². The largest absolute Gasteiger partial charge is 0.463 e. The van der Waals surface area contributed by atoms with Gasteiger partial charge in [-0.1, -0.05) is 29.5 Å². The first kappa shape index (κ1) is 17.6. The summed E-state index contributed by atoms with van der Waals surface area (Å²) in [6, 6.07) is 8.12. The molecule has 23 heavy (non-hydrogen) atoms. The molecule has 1 aliphatic heterocycles. The Kier molecular flexibility index (Phi) is 6.24. The van der Waals surface area contributed by atoms with Crippen LogP contribution in [0.1, 0.15) is 19.4 Å². The number of aryl methyl sites for hydroxylation is 1. The van der Waals surface area contributed by atoms with Crippen LogP contribution < -0.4 is 0 Å². The highest BCUT2D eigenvalue weighted by Gasteiger charge is 2.31. The molecule has 0 saturated carbocycles. The van der Waals surface area contributed by atoms with E-state index in [1.54, 1.807) is 17.8 Å². The number of esters is 2. The standard InChI is InChI=1S/C17H20O5S/c1-11-4-6-14(7-5-11)23-17-9-8-15(21-13(3)19)16(22-17)10-20-12(2)18/h4-9,15-17H,10H2,1-3H3/t15-,16+,17+/m0/s1. The normalized spacial score (nSPS) is 23.3. The van der Waals surface area contributed by atoms with E-state index in [9.17, 15) is 9.59 Å². The maximum absolute atomic E-state index is 11.2. The van der Waals surface area contributed by atoms with Crippen LogP contribution in [0.15, 0.2) is 41.3 Å². The lowest BCUT2D eigenvalue weighted by Gasteiger charge is -2.31. The van der Waals surface area contributed by atoms with Crippen LogP contribution in [0.25, 0.3) is 0 Å². The first-order valence-corrected chi connectivity index (χ1v) is 8.19. The average Bonchev–Trinajstić information content (AvgIpc) is 2.49. The fourth-order valence-electron chi connectivity index (χ4n) is 2.08. The summed E-state index contributed by atoms with van der Waals surface area (Å²) in [5.41, 5.74) is 0.960. The maximum Gasteiger partial charge on any atom is 0.303 e. The number of ether oxygens (including phenoxy) is 3. The summed E-state index contributed by atoms with van der Waals surface area (Å²) in [4.78, 5) is 23.3. The summed E-state index contributed by atoms with van der Waals surface area (Å²) in [5, 5.41) is 0. The molecule has 0 unspecified atom stereocenters. The van der Waals surface area contributed by atoms with E-state index < -0.39 is 24.1 Å². The predicted octanol–water partition coefficient (Wildman–Crippen LogP) is 2.86. The fourth-order valence-corrected chi connectivity index (χ4v) is 3.01. The Morgan fingerprint density at radius 1 is 1.13 bits per heavy atom. The zero-order chi connectivity index (χ0) is 16.8. The number of hydrogen-bond acceptors (Lipinski definition) is 6. The lowest BCUT2D eigenvalue weighted by molar-refractivity contribution is -0.160. The molecule has 0 aliphatic carbocycles. The molecule has 1 heterocycles. The van der Waals surface area contributed by atoms with Crippen LogP contribution in [0.4, 0.5) is 0 Å². The molecule has 0 saturated heterocycles. The topological polar surface area (TPSA) is 61.8 Å². The van der Waals surface area contributed by atoms with Crippen LogP contribution in [0, 0.1) is 6.92 Å². The van der Waals surface area contributed by atoms with Crippen molar-refractivity contribution < 1.29 is 23.8 Å². The summed E-state index contributed by atoms with van der Waals surface area (Å²) in [6.07, 6.45) is 2.56. The number of carbonyl (C=O) groups excluding carboxylic acids is 2. The Labute approximate surface area is 140 Å². The second kappa shape index (κ2) is 8.17. The van der Waals surface area contributed by atoms with Crippen LogP contribution in [-0.2, 0) is 23.8 Å².